The molecule has 0 unspecified atom stereocenters. The van der Waals surface area contributed by atoms with Gasteiger partial charge in [-0.15, -0.1) is 0 Å². The Morgan fingerprint density at radius 1 is 1.00 bits per heavy atom. The summed E-state index contributed by atoms with van der Waals surface area (Å²) in [6.07, 6.45) is 6.90. The van der Waals surface area contributed by atoms with Crippen molar-refractivity contribution in [2.45, 2.75) is 64.0 Å². The van der Waals surface area contributed by atoms with Gasteiger partial charge in [-0.2, -0.15) is 0 Å². The van der Waals surface area contributed by atoms with Crippen LogP contribution in [0.1, 0.15) is 54.6 Å². The van der Waals surface area contributed by atoms with Crippen LogP contribution in [0.4, 0.5) is 4.39 Å². The third kappa shape index (κ3) is 5.40. The Balaban J connectivity index is 1.000. The van der Waals surface area contributed by atoms with Crippen LogP contribution < -0.4 is 9.47 Å². The van der Waals surface area contributed by atoms with Gasteiger partial charge in [-0.25, -0.2) is 19.3 Å². The second kappa shape index (κ2) is 11.6. The molecule has 0 spiro atoms. The number of ether oxygens (including phenoxy) is 3. The van der Waals surface area contributed by atoms with Crippen LogP contribution in [0.25, 0.3) is 22.4 Å². The highest BCUT2D eigenvalue weighted by Gasteiger charge is 2.43. The molecule has 8 rings (SSSR count). The van der Waals surface area contributed by atoms with Crippen molar-refractivity contribution >= 4 is 22.6 Å². The minimum absolute atomic E-state index is 0.219. The van der Waals surface area contributed by atoms with Gasteiger partial charge in [0.2, 0.25) is 0 Å². The molecule has 3 aliphatic heterocycles. The number of rotatable bonds is 7. The maximum Gasteiger partial charge on any atom is 0.278 e. The molecule has 3 aromatic carbocycles. The van der Waals surface area contributed by atoms with Gasteiger partial charge in [0.15, 0.2) is 17.3 Å². The van der Waals surface area contributed by atoms with Gasteiger partial charge in [0.1, 0.15) is 11.6 Å². The zero-order valence-electron chi connectivity index (χ0n) is 25.9. The van der Waals surface area contributed by atoms with Crippen LogP contribution in [-0.4, -0.2) is 50.2 Å². The summed E-state index contributed by atoms with van der Waals surface area (Å²) < 4.78 is 35.7. The van der Waals surface area contributed by atoms with Gasteiger partial charge in [-0.3, -0.25) is 4.90 Å². The molecule has 0 N–H and O–H groups in total. The fourth-order valence-corrected chi connectivity index (χ4v) is 7.01. The second-order valence-corrected chi connectivity index (χ2v) is 13.1. The highest BCUT2D eigenvalue weighted by Crippen LogP contribution is 2.50. The zero-order valence-corrected chi connectivity index (χ0v) is 26.6. The summed E-state index contributed by atoms with van der Waals surface area (Å²) in [4.78, 5) is 16.7. The number of halogens is 2. The zero-order chi connectivity index (χ0) is 31.4. The molecular weight excluding hydrogens is 605 g/mol. The van der Waals surface area contributed by atoms with Crippen LogP contribution in [0.15, 0.2) is 67.0 Å². The van der Waals surface area contributed by atoms with Gasteiger partial charge in [0, 0.05) is 42.1 Å². The van der Waals surface area contributed by atoms with E-state index < -0.39 is 11.6 Å². The van der Waals surface area contributed by atoms with Crippen LogP contribution in [0.3, 0.4) is 0 Å². The maximum absolute atomic E-state index is 14.9. The van der Waals surface area contributed by atoms with Gasteiger partial charge >= 0.3 is 0 Å². The third-order valence-corrected chi connectivity index (χ3v) is 9.70. The summed E-state index contributed by atoms with van der Waals surface area (Å²) >= 11 is 6.00. The lowest BCUT2D eigenvalue weighted by Crippen LogP contribution is -2.35. The predicted molar refractivity (Wildman–Crippen MR) is 174 cm³/mol. The smallest absolute Gasteiger partial charge is 0.278 e. The average molecular weight is 640 g/mol. The van der Waals surface area contributed by atoms with E-state index in [4.69, 9.17) is 30.8 Å². The van der Waals surface area contributed by atoms with Gasteiger partial charge in [0.25, 0.3) is 5.79 Å². The van der Waals surface area contributed by atoms with Crippen LogP contribution >= 0.6 is 11.6 Å². The number of imidazole rings is 1. The number of aromatic nitrogens is 4. The lowest BCUT2D eigenvalue weighted by molar-refractivity contribution is -0.0712. The molecule has 3 aliphatic rings. The highest BCUT2D eigenvalue weighted by molar-refractivity contribution is 6.30. The lowest BCUT2D eigenvalue weighted by Gasteiger charge is -2.33. The van der Waals surface area contributed by atoms with Crippen molar-refractivity contribution in [2.75, 3.05) is 19.7 Å². The van der Waals surface area contributed by atoms with Crippen molar-refractivity contribution in [3.8, 4) is 22.9 Å². The van der Waals surface area contributed by atoms with Gasteiger partial charge in [-0.05, 0) is 93.2 Å². The molecule has 2 fully saturated rings. The number of piperidine rings is 1. The van der Waals surface area contributed by atoms with E-state index in [0.717, 1.165) is 85.6 Å². The Labute approximate surface area is 272 Å². The van der Waals surface area contributed by atoms with Crippen LogP contribution in [0, 0.1) is 12.7 Å². The number of hydrogen-bond donors (Lipinski definition) is 0. The normalized spacial score (nSPS) is 21.5. The Hall–Kier alpha value is -4.05. The van der Waals surface area contributed by atoms with Crippen molar-refractivity contribution in [2.24, 2.45) is 0 Å². The minimum Gasteiger partial charge on any atom is -0.444 e. The quantitative estimate of drug-likeness (QED) is 0.184. The van der Waals surface area contributed by atoms with Gasteiger partial charge < -0.3 is 18.8 Å². The fourth-order valence-electron chi connectivity index (χ4n) is 6.86. The van der Waals surface area contributed by atoms with Crippen LogP contribution in [0.5, 0.6) is 11.5 Å². The molecule has 2 saturated heterocycles. The Morgan fingerprint density at radius 3 is 2.54 bits per heavy atom. The molecule has 236 valence electrons. The van der Waals surface area contributed by atoms with E-state index in [1.54, 1.807) is 19.1 Å². The van der Waals surface area contributed by atoms with E-state index in [-0.39, 0.29) is 6.10 Å². The number of benzene rings is 3. The lowest BCUT2D eigenvalue weighted by atomic mass is 9.88. The largest absolute Gasteiger partial charge is 0.444 e. The highest BCUT2D eigenvalue weighted by atomic mass is 35.5. The van der Waals surface area contributed by atoms with Crippen LogP contribution in [0.2, 0.25) is 5.02 Å². The van der Waals surface area contributed by atoms with E-state index in [2.05, 4.69) is 43.7 Å². The molecule has 0 bridgehead atoms. The molecule has 5 heterocycles. The SMILES string of the molecule is Cc1cnc(-c2ccc3c(c2)nc(CN2CCC(c4cccc5c4O[C@@](C)(c4ccc(Cl)cc4F)O5)CC2)n3C[C@@H]2CCO2)nc1. The topological polar surface area (TPSA) is 74.5 Å². The van der Waals surface area contributed by atoms with E-state index >= 15 is 0 Å². The fraction of sp³-hybridized carbons (Fsp3) is 0.361. The summed E-state index contributed by atoms with van der Waals surface area (Å²) in [6.45, 7) is 7.95. The molecule has 8 nitrogen and oxygen atoms in total. The van der Waals surface area contributed by atoms with Crippen molar-refractivity contribution < 1.29 is 18.6 Å². The van der Waals surface area contributed by atoms with Crippen molar-refractivity contribution in [1.29, 1.82) is 0 Å². The Bertz CT molecular complexity index is 1920. The van der Waals surface area contributed by atoms with Crippen molar-refractivity contribution in [3.63, 3.8) is 0 Å². The summed E-state index contributed by atoms with van der Waals surface area (Å²) in [6, 6.07) is 16.9. The number of likely N-dealkylation sites (tertiary alicyclic amines) is 1. The molecule has 46 heavy (non-hydrogen) atoms. The first kappa shape index (κ1) is 29.4. The van der Waals surface area contributed by atoms with E-state index in [9.17, 15) is 4.39 Å². The van der Waals surface area contributed by atoms with Gasteiger partial charge in [-0.1, -0.05) is 23.7 Å². The molecule has 10 heteroatoms. The number of hydrogen-bond acceptors (Lipinski definition) is 7. The molecule has 2 aromatic heterocycles. The van der Waals surface area contributed by atoms with Crippen LogP contribution in [-0.2, 0) is 23.6 Å². The maximum atomic E-state index is 14.9. The monoisotopic (exact) mass is 639 g/mol. The second-order valence-electron chi connectivity index (χ2n) is 12.7. The Kier molecular flexibility index (Phi) is 7.43. The summed E-state index contributed by atoms with van der Waals surface area (Å²) in [5.74, 6) is 1.67. The number of aryl methyl sites for hydroxylation is 1. The molecule has 0 radical (unpaired) electrons. The molecule has 2 atom stereocenters. The van der Waals surface area contributed by atoms with Gasteiger partial charge in [0.05, 0.1) is 35.8 Å². The minimum atomic E-state index is -1.26. The number of nitrogens with zero attached hydrogens (tertiary/aromatic N) is 5. The standard InChI is InChI=1S/C36H35ClFN5O3/c1-22-18-39-35(40-19-22)24-6-9-31-30(16-24)41-33(43(31)20-26-12-15-44-26)21-42-13-10-23(11-14-42)27-4-3-5-32-34(27)46-36(2,45-32)28-8-7-25(37)17-29(28)38/h3-9,16-19,23,26H,10-15,20-21H2,1-2H3/t26-,36-/m0/s1. The molecule has 0 saturated carbocycles. The molecule has 0 amide bonds. The molecular formula is C36H35ClFN5O3. The first-order chi connectivity index (χ1) is 22.3. The first-order valence-electron chi connectivity index (χ1n) is 15.9. The van der Waals surface area contributed by atoms with E-state index in [0.29, 0.717) is 33.8 Å². The predicted octanol–water partition coefficient (Wildman–Crippen LogP) is 7.41. The van der Waals surface area contributed by atoms with Crippen molar-refractivity contribution in [3.05, 3.63) is 100 Å². The molecule has 5 aromatic rings. The van der Waals surface area contributed by atoms with E-state index in [1.165, 1.54) is 6.07 Å². The average Bonchev–Trinajstić information content (AvgIpc) is 3.55. The summed E-state index contributed by atoms with van der Waals surface area (Å²) in [7, 11) is 0. The molecule has 0 aliphatic carbocycles. The third-order valence-electron chi connectivity index (χ3n) is 9.47. The number of para-hydroxylation sites is 1. The summed E-state index contributed by atoms with van der Waals surface area (Å²) in [5, 5.41) is 0.335. The Morgan fingerprint density at radius 2 is 1.80 bits per heavy atom. The van der Waals surface area contributed by atoms with Crippen molar-refractivity contribution in [1.82, 2.24) is 24.4 Å². The summed E-state index contributed by atoms with van der Waals surface area (Å²) in [5.41, 5.74) is 5.47. The van der Waals surface area contributed by atoms with E-state index in [1.807, 2.05) is 31.5 Å². The number of fused-ring (bicyclic) bond motifs is 2. The first-order valence-corrected chi connectivity index (χ1v) is 16.3.